The van der Waals surface area contributed by atoms with Gasteiger partial charge in [-0.3, -0.25) is 4.79 Å². The molecule has 0 saturated heterocycles. The Labute approximate surface area is 79.9 Å². The van der Waals surface area contributed by atoms with Gasteiger partial charge in [0.2, 0.25) is 5.91 Å². The fourth-order valence-corrected chi connectivity index (χ4v) is 0.609. The highest BCUT2D eigenvalue weighted by Crippen LogP contribution is 2.07. The van der Waals surface area contributed by atoms with Crippen LogP contribution in [-0.2, 0) is 4.79 Å². The van der Waals surface area contributed by atoms with Gasteiger partial charge in [0, 0.05) is 19.6 Å². The second kappa shape index (κ2) is 4.58. The number of carbonyl (C=O) groups excluding carboxylic acids is 1. The second-order valence-corrected chi connectivity index (χ2v) is 4.04. The molecule has 0 aliphatic heterocycles. The zero-order chi connectivity index (χ0) is 10.6. The lowest BCUT2D eigenvalue weighted by Crippen LogP contribution is -2.51. The first-order valence-corrected chi connectivity index (χ1v) is 4.40. The predicted molar refractivity (Wildman–Crippen MR) is 52.5 cm³/mol. The summed E-state index contributed by atoms with van der Waals surface area (Å²) in [4.78, 5) is 12.7. The minimum absolute atomic E-state index is 0.00808. The number of carbonyl (C=O) groups is 1. The molecule has 13 heavy (non-hydrogen) atoms. The Balaban J connectivity index is 3.95. The fraction of sp³-hybridized carbons (Fsp3) is 0.889. The van der Waals surface area contributed by atoms with Gasteiger partial charge in [-0.05, 0) is 20.8 Å². The number of hydrogen-bond acceptors (Lipinski definition) is 3. The molecular formula is C9H20N2O2. The van der Waals surface area contributed by atoms with Crippen LogP contribution in [0.3, 0.4) is 0 Å². The minimum atomic E-state index is -0.484. The molecule has 0 aliphatic carbocycles. The molecule has 2 N–H and O–H groups in total. The highest BCUT2D eigenvalue weighted by atomic mass is 16.3. The van der Waals surface area contributed by atoms with Gasteiger partial charge < -0.3 is 15.3 Å². The molecule has 78 valence electrons. The summed E-state index contributed by atoms with van der Waals surface area (Å²) in [6.07, 6.45) is -0.484. The number of aliphatic hydroxyl groups is 1. The molecule has 1 atom stereocenters. The summed E-state index contributed by atoms with van der Waals surface area (Å²) >= 11 is 0. The van der Waals surface area contributed by atoms with Gasteiger partial charge in [0.15, 0.2) is 0 Å². The van der Waals surface area contributed by atoms with E-state index in [0.717, 1.165) is 0 Å². The predicted octanol–water partition coefficient (Wildman–Crippen LogP) is -0.176. The molecule has 0 bridgehead atoms. The van der Waals surface area contributed by atoms with Crippen molar-refractivity contribution < 1.29 is 9.90 Å². The summed E-state index contributed by atoms with van der Waals surface area (Å²) in [6, 6.07) is 0. The molecule has 0 radical (unpaired) electrons. The van der Waals surface area contributed by atoms with Gasteiger partial charge in [-0.2, -0.15) is 0 Å². The van der Waals surface area contributed by atoms with Gasteiger partial charge in [-0.25, -0.2) is 0 Å². The van der Waals surface area contributed by atoms with E-state index in [1.165, 1.54) is 4.90 Å². The Kier molecular flexibility index (Phi) is 4.36. The lowest BCUT2D eigenvalue weighted by molar-refractivity contribution is -0.128. The van der Waals surface area contributed by atoms with Crippen LogP contribution in [0, 0.1) is 0 Å². The molecule has 1 unspecified atom stereocenters. The van der Waals surface area contributed by atoms with Crippen LogP contribution in [0.1, 0.15) is 20.8 Å². The van der Waals surface area contributed by atoms with Gasteiger partial charge in [0.05, 0.1) is 12.6 Å². The third kappa shape index (κ3) is 4.24. The van der Waals surface area contributed by atoms with Crippen molar-refractivity contribution in [2.45, 2.75) is 32.4 Å². The SMILES string of the molecule is CC(O)C(C)(C)NCC(=O)N(C)C. The lowest BCUT2D eigenvalue weighted by Gasteiger charge is -2.29. The molecule has 4 nitrogen and oxygen atoms in total. The van der Waals surface area contributed by atoms with E-state index in [0.29, 0.717) is 0 Å². The summed E-state index contributed by atoms with van der Waals surface area (Å²) in [5, 5.41) is 12.3. The van der Waals surface area contributed by atoms with E-state index in [-0.39, 0.29) is 12.5 Å². The van der Waals surface area contributed by atoms with Gasteiger partial charge >= 0.3 is 0 Å². The zero-order valence-corrected chi connectivity index (χ0v) is 9.09. The Morgan fingerprint density at radius 2 is 2.00 bits per heavy atom. The Bertz CT molecular complexity index is 176. The van der Waals surface area contributed by atoms with Crippen molar-refractivity contribution in [1.82, 2.24) is 10.2 Å². The van der Waals surface area contributed by atoms with Crippen LogP contribution in [0.5, 0.6) is 0 Å². The van der Waals surface area contributed by atoms with Gasteiger partial charge in [-0.1, -0.05) is 0 Å². The summed E-state index contributed by atoms with van der Waals surface area (Å²) in [7, 11) is 3.42. The van der Waals surface area contributed by atoms with Crippen molar-refractivity contribution in [2.75, 3.05) is 20.6 Å². The van der Waals surface area contributed by atoms with Crippen LogP contribution in [0.15, 0.2) is 0 Å². The van der Waals surface area contributed by atoms with Crippen LogP contribution in [0.2, 0.25) is 0 Å². The highest BCUT2D eigenvalue weighted by molar-refractivity contribution is 5.77. The maximum Gasteiger partial charge on any atom is 0.236 e. The largest absolute Gasteiger partial charge is 0.392 e. The maximum absolute atomic E-state index is 11.2. The molecule has 0 aromatic rings. The third-order valence-corrected chi connectivity index (χ3v) is 2.24. The smallest absolute Gasteiger partial charge is 0.236 e. The first-order chi connectivity index (χ1) is 5.77. The number of aliphatic hydroxyl groups excluding tert-OH is 1. The average molecular weight is 188 g/mol. The molecule has 4 heteroatoms. The van der Waals surface area contributed by atoms with Crippen molar-refractivity contribution in [3.05, 3.63) is 0 Å². The number of hydrogen-bond donors (Lipinski definition) is 2. The van der Waals surface area contributed by atoms with E-state index in [4.69, 9.17) is 0 Å². The maximum atomic E-state index is 11.2. The van der Waals surface area contributed by atoms with E-state index in [1.54, 1.807) is 21.0 Å². The van der Waals surface area contributed by atoms with Crippen molar-refractivity contribution >= 4 is 5.91 Å². The summed E-state index contributed by atoms with van der Waals surface area (Å²) in [6.45, 7) is 5.68. The molecule has 0 rings (SSSR count). The average Bonchev–Trinajstić information content (AvgIpc) is 1.99. The van der Waals surface area contributed by atoms with Crippen molar-refractivity contribution in [2.24, 2.45) is 0 Å². The van der Waals surface area contributed by atoms with Gasteiger partial charge in [-0.15, -0.1) is 0 Å². The van der Waals surface area contributed by atoms with Crippen molar-refractivity contribution in [1.29, 1.82) is 0 Å². The molecule has 0 heterocycles. The standard InChI is InChI=1S/C9H20N2O2/c1-7(12)9(2,3)10-6-8(13)11(4)5/h7,10,12H,6H2,1-5H3. The second-order valence-electron chi connectivity index (χ2n) is 4.04. The van der Waals surface area contributed by atoms with E-state index < -0.39 is 11.6 Å². The lowest BCUT2D eigenvalue weighted by atomic mass is 9.99. The van der Waals surface area contributed by atoms with E-state index in [2.05, 4.69) is 5.32 Å². The van der Waals surface area contributed by atoms with E-state index in [9.17, 15) is 9.90 Å². The van der Waals surface area contributed by atoms with E-state index in [1.807, 2.05) is 13.8 Å². The first-order valence-electron chi connectivity index (χ1n) is 4.40. The summed E-state index contributed by atoms with van der Waals surface area (Å²) in [5.74, 6) is 0.00808. The monoisotopic (exact) mass is 188 g/mol. The topological polar surface area (TPSA) is 52.6 Å². The zero-order valence-electron chi connectivity index (χ0n) is 9.09. The molecule has 1 amide bonds. The summed E-state index contributed by atoms with van der Waals surface area (Å²) in [5.41, 5.74) is -0.425. The Hall–Kier alpha value is -0.610. The van der Waals surface area contributed by atoms with Crippen molar-refractivity contribution in [3.8, 4) is 0 Å². The van der Waals surface area contributed by atoms with Crippen molar-refractivity contribution in [3.63, 3.8) is 0 Å². The number of rotatable bonds is 4. The van der Waals surface area contributed by atoms with Crippen LogP contribution in [-0.4, -0.2) is 48.2 Å². The molecule has 0 saturated carbocycles. The van der Waals surface area contributed by atoms with Crippen LogP contribution >= 0.6 is 0 Å². The number of likely N-dealkylation sites (N-methyl/N-ethyl adjacent to an activating group) is 1. The Morgan fingerprint density at radius 1 is 1.54 bits per heavy atom. The minimum Gasteiger partial charge on any atom is -0.392 e. The van der Waals surface area contributed by atoms with Gasteiger partial charge in [0.1, 0.15) is 0 Å². The first kappa shape index (κ1) is 12.4. The Morgan fingerprint density at radius 3 is 2.31 bits per heavy atom. The van der Waals surface area contributed by atoms with Crippen LogP contribution in [0.4, 0.5) is 0 Å². The number of nitrogens with zero attached hydrogens (tertiary/aromatic N) is 1. The number of amides is 1. The fourth-order valence-electron chi connectivity index (χ4n) is 0.609. The third-order valence-electron chi connectivity index (χ3n) is 2.24. The molecular weight excluding hydrogens is 168 g/mol. The molecule has 0 aromatic carbocycles. The number of nitrogens with one attached hydrogen (secondary N) is 1. The normalized spacial score (nSPS) is 14.0. The van der Waals surface area contributed by atoms with Crippen LogP contribution < -0.4 is 5.32 Å². The quantitative estimate of drug-likeness (QED) is 0.643. The highest BCUT2D eigenvalue weighted by Gasteiger charge is 2.24. The summed E-state index contributed by atoms with van der Waals surface area (Å²) < 4.78 is 0. The van der Waals surface area contributed by atoms with E-state index >= 15 is 0 Å². The molecule has 0 aliphatic rings. The molecule has 0 fully saturated rings. The molecule has 0 aromatic heterocycles. The van der Waals surface area contributed by atoms with Gasteiger partial charge in [0.25, 0.3) is 0 Å². The molecule has 0 spiro atoms. The van der Waals surface area contributed by atoms with Crippen LogP contribution in [0.25, 0.3) is 0 Å².